The molecule has 0 spiro atoms. The number of ether oxygens (including phenoxy) is 1. The SMILES string of the molecule is COc1cccc(C2CCCN2c2ccc3nnnn3n2)c1. The first-order valence-electron chi connectivity index (χ1n) is 7.31. The van der Waals surface area contributed by atoms with Gasteiger partial charge in [-0.2, -0.15) is 0 Å². The van der Waals surface area contributed by atoms with Crippen LogP contribution in [0.3, 0.4) is 0 Å². The maximum absolute atomic E-state index is 5.34. The maximum Gasteiger partial charge on any atom is 0.200 e. The molecule has 0 bridgehead atoms. The lowest BCUT2D eigenvalue weighted by Gasteiger charge is -2.26. The van der Waals surface area contributed by atoms with E-state index in [-0.39, 0.29) is 0 Å². The van der Waals surface area contributed by atoms with E-state index in [2.05, 4.69) is 37.7 Å². The van der Waals surface area contributed by atoms with Gasteiger partial charge >= 0.3 is 0 Å². The van der Waals surface area contributed by atoms with E-state index in [1.807, 2.05) is 24.3 Å². The first-order chi connectivity index (χ1) is 10.8. The predicted octanol–water partition coefficient (Wildman–Crippen LogP) is 1.87. The van der Waals surface area contributed by atoms with Crippen LogP contribution in [0.2, 0.25) is 0 Å². The Morgan fingerprint density at radius 2 is 2.18 bits per heavy atom. The van der Waals surface area contributed by atoms with Crippen LogP contribution in [0.15, 0.2) is 36.4 Å². The van der Waals surface area contributed by atoms with Gasteiger partial charge in [0.2, 0.25) is 0 Å². The Balaban J connectivity index is 1.70. The lowest BCUT2D eigenvalue weighted by molar-refractivity contribution is 0.414. The van der Waals surface area contributed by atoms with Crippen molar-refractivity contribution >= 4 is 11.5 Å². The molecule has 1 aromatic carbocycles. The van der Waals surface area contributed by atoms with Crippen molar-refractivity contribution in [2.75, 3.05) is 18.6 Å². The number of anilines is 1. The Hall–Kier alpha value is -2.70. The van der Waals surface area contributed by atoms with Crippen LogP contribution in [0.1, 0.15) is 24.4 Å². The largest absolute Gasteiger partial charge is 0.497 e. The third-order valence-electron chi connectivity index (χ3n) is 4.08. The van der Waals surface area contributed by atoms with Crippen molar-refractivity contribution in [3.63, 3.8) is 0 Å². The molecule has 0 N–H and O–H groups in total. The van der Waals surface area contributed by atoms with Gasteiger partial charge < -0.3 is 9.64 Å². The molecule has 1 atom stereocenters. The summed E-state index contributed by atoms with van der Waals surface area (Å²) in [6, 6.07) is 12.4. The van der Waals surface area contributed by atoms with Gasteiger partial charge in [0.1, 0.15) is 5.75 Å². The number of fused-ring (bicyclic) bond motifs is 1. The fourth-order valence-electron chi connectivity index (χ4n) is 3.03. The van der Waals surface area contributed by atoms with E-state index in [9.17, 15) is 0 Å². The molecule has 3 heterocycles. The zero-order chi connectivity index (χ0) is 14.9. The molecule has 1 saturated heterocycles. The maximum atomic E-state index is 5.34. The van der Waals surface area contributed by atoms with Gasteiger partial charge in [-0.15, -0.1) is 14.8 Å². The summed E-state index contributed by atoms with van der Waals surface area (Å²) in [5.41, 5.74) is 1.90. The molecule has 2 aromatic heterocycles. The fraction of sp³-hybridized carbons (Fsp3) is 0.333. The highest BCUT2D eigenvalue weighted by Gasteiger charge is 2.27. The van der Waals surface area contributed by atoms with Crippen LogP contribution in [0.4, 0.5) is 5.82 Å². The first kappa shape index (κ1) is 13.0. The molecule has 0 amide bonds. The van der Waals surface area contributed by atoms with Gasteiger partial charge in [0.05, 0.1) is 13.2 Å². The number of tetrazole rings is 1. The molecule has 22 heavy (non-hydrogen) atoms. The molecule has 0 aliphatic carbocycles. The van der Waals surface area contributed by atoms with Crippen LogP contribution in [-0.2, 0) is 0 Å². The van der Waals surface area contributed by atoms with Gasteiger partial charge in [-0.25, -0.2) is 0 Å². The van der Waals surface area contributed by atoms with Crippen LogP contribution in [0.5, 0.6) is 5.75 Å². The molecule has 1 aliphatic rings. The third-order valence-corrected chi connectivity index (χ3v) is 4.08. The molecule has 4 rings (SSSR count). The minimum Gasteiger partial charge on any atom is -0.497 e. The van der Waals surface area contributed by atoms with Gasteiger partial charge in [0, 0.05) is 6.54 Å². The third kappa shape index (κ3) is 2.14. The lowest BCUT2D eigenvalue weighted by atomic mass is 10.0. The van der Waals surface area contributed by atoms with Crippen LogP contribution >= 0.6 is 0 Å². The molecule has 1 aliphatic heterocycles. The molecule has 0 saturated carbocycles. The van der Waals surface area contributed by atoms with Gasteiger partial charge in [0.15, 0.2) is 11.5 Å². The highest BCUT2D eigenvalue weighted by molar-refractivity contribution is 5.48. The quantitative estimate of drug-likeness (QED) is 0.735. The molecule has 3 aromatic rings. The summed E-state index contributed by atoms with van der Waals surface area (Å²) in [6.45, 7) is 0.975. The second kappa shape index (κ2) is 5.25. The highest BCUT2D eigenvalue weighted by atomic mass is 16.5. The average molecular weight is 296 g/mol. The summed E-state index contributed by atoms with van der Waals surface area (Å²) in [7, 11) is 1.69. The number of methoxy groups -OCH3 is 1. The summed E-state index contributed by atoms with van der Waals surface area (Å²) in [5, 5.41) is 15.9. The van der Waals surface area contributed by atoms with Gasteiger partial charge in [-0.1, -0.05) is 12.1 Å². The second-order valence-electron chi connectivity index (χ2n) is 5.35. The summed E-state index contributed by atoms with van der Waals surface area (Å²) >= 11 is 0. The van der Waals surface area contributed by atoms with Crippen LogP contribution in [-0.4, -0.2) is 38.9 Å². The molecule has 0 radical (unpaired) electrons. The molecule has 7 heteroatoms. The number of rotatable bonds is 3. The summed E-state index contributed by atoms with van der Waals surface area (Å²) < 4.78 is 6.81. The number of hydrogen-bond acceptors (Lipinski definition) is 6. The lowest BCUT2D eigenvalue weighted by Crippen LogP contribution is -2.24. The number of nitrogens with zero attached hydrogens (tertiary/aromatic N) is 6. The van der Waals surface area contributed by atoms with Gasteiger partial charge in [-0.05, 0) is 53.1 Å². The molecular weight excluding hydrogens is 280 g/mol. The van der Waals surface area contributed by atoms with Crippen LogP contribution in [0.25, 0.3) is 5.65 Å². The monoisotopic (exact) mass is 296 g/mol. The van der Waals surface area contributed by atoms with Crippen LogP contribution in [0, 0.1) is 0 Å². The predicted molar refractivity (Wildman–Crippen MR) is 80.9 cm³/mol. The zero-order valence-electron chi connectivity index (χ0n) is 12.3. The highest BCUT2D eigenvalue weighted by Crippen LogP contribution is 2.36. The molecule has 1 unspecified atom stereocenters. The number of aromatic nitrogens is 5. The van der Waals surface area contributed by atoms with E-state index in [4.69, 9.17) is 4.74 Å². The van der Waals surface area contributed by atoms with Gasteiger partial charge in [0.25, 0.3) is 0 Å². The minimum atomic E-state index is 0.302. The summed E-state index contributed by atoms with van der Waals surface area (Å²) in [4.78, 5) is 2.30. The fourth-order valence-corrected chi connectivity index (χ4v) is 3.03. The van der Waals surface area contributed by atoms with Crippen molar-refractivity contribution in [3.8, 4) is 5.75 Å². The second-order valence-corrected chi connectivity index (χ2v) is 5.35. The topological polar surface area (TPSA) is 68.4 Å². The van der Waals surface area contributed by atoms with Crippen molar-refractivity contribution in [2.24, 2.45) is 0 Å². The number of benzene rings is 1. The van der Waals surface area contributed by atoms with Crippen LogP contribution < -0.4 is 9.64 Å². The Labute approximate surface area is 127 Å². The van der Waals surface area contributed by atoms with Gasteiger partial charge in [-0.3, -0.25) is 0 Å². The number of hydrogen-bond donors (Lipinski definition) is 0. The van der Waals surface area contributed by atoms with E-state index in [1.54, 1.807) is 7.11 Å². The smallest absolute Gasteiger partial charge is 0.200 e. The van der Waals surface area contributed by atoms with E-state index < -0.39 is 0 Å². The molecule has 7 nitrogen and oxygen atoms in total. The van der Waals surface area contributed by atoms with E-state index >= 15 is 0 Å². The minimum absolute atomic E-state index is 0.302. The van der Waals surface area contributed by atoms with Crippen molar-refractivity contribution in [3.05, 3.63) is 42.0 Å². The molecular formula is C15H16N6O. The first-order valence-corrected chi connectivity index (χ1v) is 7.31. The summed E-state index contributed by atoms with van der Waals surface area (Å²) in [6.07, 6.45) is 2.24. The van der Waals surface area contributed by atoms with Crippen molar-refractivity contribution in [1.29, 1.82) is 0 Å². The molecule has 112 valence electrons. The Morgan fingerprint density at radius 3 is 3.09 bits per heavy atom. The normalized spacial score (nSPS) is 18.0. The Bertz CT molecular complexity index is 801. The van der Waals surface area contributed by atoms with Crippen molar-refractivity contribution < 1.29 is 4.74 Å². The standard InChI is InChI=1S/C15H16N6O/c1-22-12-5-2-4-11(10-12)13-6-3-9-20(13)15-8-7-14-16-18-19-21(14)17-15/h2,4-5,7-8,10,13H,3,6,9H2,1H3. The van der Waals surface area contributed by atoms with E-state index in [0.29, 0.717) is 11.7 Å². The average Bonchev–Trinajstić information content (AvgIpc) is 3.23. The summed E-state index contributed by atoms with van der Waals surface area (Å²) in [5.74, 6) is 1.78. The van der Waals surface area contributed by atoms with Crippen molar-refractivity contribution in [2.45, 2.75) is 18.9 Å². The molecule has 1 fully saturated rings. The van der Waals surface area contributed by atoms with E-state index in [1.165, 1.54) is 10.2 Å². The Kier molecular flexibility index (Phi) is 3.10. The Morgan fingerprint density at radius 1 is 1.23 bits per heavy atom. The van der Waals surface area contributed by atoms with E-state index in [0.717, 1.165) is 31.0 Å². The zero-order valence-corrected chi connectivity index (χ0v) is 12.3. The van der Waals surface area contributed by atoms with Crippen molar-refractivity contribution in [1.82, 2.24) is 25.3 Å².